The van der Waals surface area contributed by atoms with E-state index in [4.69, 9.17) is 18.9 Å². The smallest absolute Gasteiger partial charge is 0.227 e. The van der Waals surface area contributed by atoms with Crippen LogP contribution in [-0.4, -0.2) is 24.6 Å². The zero-order chi connectivity index (χ0) is 25.3. The van der Waals surface area contributed by atoms with Crippen LogP contribution in [0.5, 0.6) is 23.0 Å². The number of fused-ring (bicyclic) bond motifs is 3. The van der Waals surface area contributed by atoms with Gasteiger partial charge in [-0.1, -0.05) is 30.3 Å². The maximum atomic E-state index is 13.9. The Bertz CT molecular complexity index is 1350. The van der Waals surface area contributed by atoms with E-state index in [1.54, 1.807) is 30.3 Å². The van der Waals surface area contributed by atoms with Crippen LogP contribution in [0.1, 0.15) is 47.8 Å². The van der Waals surface area contributed by atoms with Crippen molar-refractivity contribution in [3.63, 3.8) is 0 Å². The molecule has 7 heteroatoms. The number of Topliss-reactive ketones (excluding diaryl/α,β-unsaturated/α-hetero) is 1. The average molecular weight is 486 g/mol. The van der Waals surface area contributed by atoms with E-state index in [2.05, 4.69) is 5.18 Å². The van der Waals surface area contributed by atoms with E-state index in [9.17, 15) is 9.70 Å². The van der Waals surface area contributed by atoms with Crippen LogP contribution in [0.3, 0.4) is 0 Å². The molecule has 2 heterocycles. The summed E-state index contributed by atoms with van der Waals surface area (Å²) in [4.78, 5) is 26.3. The molecule has 0 saturated heterocycles. The highest BCUT2D eigenvalue weighted by Crippen LogP contribution is 2.47. The fraction of sp³-hybridized carbons (Fsp3) is 0.276. The van der Waals surface area contributed by atoms with Crippen molar-refractivity contribution in [3.8, 4) is 23.0 Å². The van der Waals surface area contributed by atoms with Crippen LogP contribution in [0, 0.1) is 4.91 Å². The van der Waals surface area contributed by atoms with Gasteiger partial charge in [0.1, 0.15) is 41.8 Å². The summed E-state index contributed by atoms with van der Waals surface area (Å²) < 4.78 is 23.9. The number of nitrogens with zero attached hydrogens (tertiary/aromatic N) is 1. The second-order valence-electron chi connectivity index (χ2n) is 9.33. The van der Waals surface area contributed by atoms with Crippen LogP contribution < -0.4 is 18.9 Å². The van der Waals surface area contributed by atoms with Crippen LogP contribution in [0.25, 0.3) is 6.08 Å². The van der Waals surface area contributed by atoms with Crippen LogP contribution in [0.15, 0.2) is 71.9 Å². The van der Waals surface area contributed by atoms with Gasteiger partial charge in [-0.15, -0.1) is 4.91 Å². The molecule has 0 amide bonds. The SMILES string of the molecule is CCOc1ccc(C2(N=O)COc3c(ccc4c3C=CC(C)(C)O4)C2=O)c(OCc2ccccc2)c1. The van der Waals surface area contributed by atoms with E-state index in [1.165, 1.54) is 0 Å². The Morgan fingerprint density at radius 3 is 2.58 bits per heavy atom. The molecule has 1 unspecified atom stereocenters. The zero-order valence-corrected chi connectivity index (χ0v) is 20.4. The van der Waals surface area contributed by atoms with Gasteiger partial charge in [-0.05, 0) is 67.9 Å². The van der Waals surface area contributed by atoms with Gasteiger partial charge in [0.05, 0.1) is 17.7 Å². The predicted molar refractivity (Wildman–Crippen MR) is 136 cm³/mol. The first kappa shape index (κ1) is 23.6. The van der Waals surface area contributed by atoms with Gasteiger partial charge in [-0.25, -0.2) is 0 Å². The molecule has 0 fully saturated rings. The van der Waals surface area contributed by atoms with Crippen LogP contribution in [-0.2, 0) is 12.1 Å². The lowest BCUT2D eigenvalue weighted by molar-refractivity contribution is 0.0767. The number of nitroso groups, excluding NO2 is 1. The number of carbonyl (C=O) groups is 1. The molecule has 7 nitrogen and oxygen atoms in total. The third-order valence-corrected chi connectivity index (χ3v) is 6.33. The van der Waals surface area contributed by atoms with Gasteiger partial charge < -0.3 is 18.9 Å². The summed E-state index contributed by atoms with van der Waals surface area (Å²) >= 11 is 0. The van der Waals surface area contributed by atoms with Crippen LogP contribution >= 0.6 is 0 Å². The second kappa shape index (κ2) is 9.15. The molecule has 1 atom stereocenters. The van der Waals surface area contributed by atoms with Gasteiger partial charge in [-0.2, -0.15) is 0 Å². The number of carbonyl (C=O) groups excluding carboxylic acids is 1. The third-order valence-electron chi connectivity index (χ3n) is 6.33. The van der Waals surface area contributed by atoms with Crippen molar-refractivity contribution in [1.82, 2.24) is 0 Å². The Kier molecular flexibility index (Phi) is 6.00. The molecule has 0 spiro atoms. The highest BCUT2D eigenvalue weighted by atomic mass is 16.5. The lowest BCUT2D eigenvalue weighted by Gasteiger charge is -2.35. The summed E-state index contributed by atoms with van der Waals surface area (Å²) in [5.74, 6) is 1.46. The van der Waals surface area contributed by atoms with Crippen molar-refractivity contribution in [2.24, 2.45) is 5.18 Å². The molecule has 184 valence electrons. The molecule has 3 aromatic carbocycles. The number of rotatable bonds is 7. The summed E-state index contributed by atoms with van der Waals surface area (Å²) in [6.07, 6.45) is 3.79. The first-order valence-electron chi connectivity index (χ1n) is 11.9. The lowest BCUT2D eigenvalue weighted by Crippen LogP contribution is -2.44. The quantitative estimate of drug-likeness (QED) is 0.377. The van der Waals surface area contributed by atoms with Gasteiger partial charge in [0, 0.05) is 11.6 Å². The number of ether oxygens (including phenoxy) is 4. The monoisotopic (exact) mass is 485 g/mol. The first-order valence-corrected chi connectivity index (χ1v) is 11.9. The molecule has 3 aromatic rings. The molecule has 0 aromatic heterocycles. The summed E-state index contributed by atoms with van der Waals surface area (Å²) in [6, 6.07) is 18.0. The highest BCUT2D eigenvalue weighted by molar-refractivity contribution is 6.08. The zero-order valence-electron chi connectivity index (χ0n) is 20.4. The number of benzene rings is 3. The summed E-state index contributed by atoms with van der Waals surface area (Å²) in [7, 11) is 0. The van der Waals surface area contributed by atoms with Crippen LogP contribution in [0.4, 0.5) is 0 Å². The lowest BCUT2D eigenvalue weighted by atomic mass is 9.80. The van der Waals surface area contributed by atoms with Gasteiger partial charge in [0.2, 0.25) is 11.3 Å². The fourth-order valence-corrected chi connectivity index (χ4v) is 4.50. The maximum Gasteiger partial charge on any atom is 0.227 e. The maximum absolute atomic E-state index is 13.9. The van der Waals surface area contributed by atoms with E-state index in [-0.39, 0.29) is 18.8 Å². The Labute approximate surface area is 209 Å². The van der Waals surface area contributed by atoms with Gasteiger partial charge >= 0.3 is 0 Å². The summed E-state index contributed by atoms with van der Waals surface area (Å²) in [5, 5.41) is 3.36. The predicted octanol–water partition coefficient (Wildman–Crippen LogP) is 6.09. The second-order valence-corrected chi connectivity index (χ2v) is 9.33. The Hall–Kier alpha value is -4.13. The molecule has 0 aliphatic carbocycles. The van der Waals surface area contributed by atoms with Gasteiger partial charge in [0.15, 0.2) is 0 Å². The van der Waals surface area contributed by atoms with Crippen molar-refractivity contribution in [1.29, 1.82) is 0 Å². The molecule has 0 saturated carbocycles. The third kappa shape index (κ3) is 4.11. The Balaban J connectivity index is 1.56. The number of ketones is 1. The van der Waals surface area contributed by atoms with Crippen molar-refractivity contribution in [3.05, 3.63) is 93.9 Å². The van der Waals surface area contributed by atoms with Gasteiger partial charge in [0.25, 0.3) is 0 Å². The van der Waals surface area contributed by atoms with Crippen molar-refractivity contribution in [2.75, 3.05) is 13.2 Å². The van der Waals surface area contributed by atoms with E-state index in [1.807, 2.05) is 63.3 Å². The molecule has 0 radical (unpaired) electrons. The van der Waals surface area contributed by atoms with E-state index in [0.29, 0.717) is 40.7 Å². The molecule has 36 heavy (non-hydrogen) atoms. The molecule has 2 aliphatic heterocycles. The Morgan fingerprint density at radius 1 is 1.03 bits per heavy atom. The van der Waals surface area contributed by atoms with Gasteiger partial charge in [-0.3, -0.25) is 4.79 Å². The normalized spacial score (nSPS) is 19.4. The minimum Gasteiger partial charge on any atom is -0.494 e. The molecule has 5 rings (SSSR count). The average Bonchev–Trinajstić information content (AvgIpc) is 2.88. The van der Waals surface area contributed by atoms with E-state index < -0.39 is 16.9 Å². The van der Waals surface area contributed by atoms with Crippen LogP contribution in [0.2, 0.25) is 0 Å². The minimum atomic E-state index is -1.81. The Morgan fingerprint density at radius 2 is 1.83 bits per heavy atom. The largest absolute Gasteiger partial charge is 0.494 e. The van der Waals surface area contributed by atoms with E-state index >= 15 is 0 Å². The molecule has 0 N–H and O–H groups in total. The number of hydrogen-bond donors (Lipinski definition) is 0. The summed E-state index contributed by atoms with van der Waals surface area (Å²) in [5.41, 5.74) is -0.0606. The van der Waals surface area contributed by atoms with E-state index in [0.717, 1.165) is 5.56 Å². The molecule has 0 bridgehead atoms. The standard InChI is InChI=1S/C29H27NO6/c1-4-33-20-10-12-23(25(16-20)34-17-19-8-6-5-7-9-19)29(30-32)18-35-26-21-14-15-28(2,3)36-24(21)13-11-22(26)27(29)31/h5-16H,4,17-18H2,1-3H3. The topological polar surface area (TPSA) is 83.4 Å². The highest BCUT2D eigenvalue weighted by Gasteiger charge is 2.50. The van der Waals surface area contributed by atoms with Crippen molar-refractivity contribution >= 4 is 11.9 Å². The summed E-state index contributed by atoms with van der Waals surface area (Å²) in [6.45, 7) is 6.22. The number of hydrogen-bond acceptors (Lipinski definition) is 7. The van der Waals surface area contributed by atoms with Crippen molar-refractivity contribution < 1.29 is 23.7 Å². The first-order chi connectivity index (χ1) is 17.4. The minimum absolute atomic E-state index is 0.245. The molecular formula is C29H27NO6. The molecular weight excluding hydrogens is 458 g/mol. The molecule has 2 aliphatic rings. The fourth-order valence-electron chi connectivity index (χ4n) is 4.50. The van der Waals surface area contributed by atoms with Crippen molar-refractivity contribution in [2.45, 2.75) is 38.5 Å².